The first kappa shape index (κ1) is 14.3. The highest BCUT2D eigenvalue weighted by atomic mass is 79.9. The van der Waals surface area contributed by atoms with Crippen molar-refractivity contribution in [3.63, 3.8) is 0 Å². The van der Waals surface area contributed by atoms with Gasteiger partial charge in [0.25, 0.3) is 0 Å². The number of carbonyl (C=O) groups is 1. The zero-order valence-electron chi connectivity index (χ0n) is 10.1. The van der Waals surface area contributed by atoms with Crippen molar-refractivity contribution >= 4 is 21.7 Å². The van der Waals surface area contributed by atoms with Gasteiger partial charge in [-0.2, -0.15) is 0 Å². The first-order chi connectivity index (χ1) is 8.04. The van der Waals surface area contributed by atoms with Crippen LogP contribution in [-0.4, -0.2) is 18.9 Å². The number of Topliss-reactive ketones (excluding diaryl/α,β-unsaturated/α-hetero) is 1. The Hall–Kier alpha value is -0.740. The molecule has 0 aliphatic carbocycles. The molecule has 94 valence electrons. The Labute approximate surface area is 110 Å². The van der Waals surface area contributed by atoms with Crippen LogP contribution >= 0.6 is 15.9 Å². The lowest BCUT2D eigenvalue weighted by atomic mass is 9.99. The molecule has 1 atom stereocenters. The van der Waals surface area contributed by atoms with Crippen molar-refractivity contribution in [1.29, 1.82) is 0 Å². The monoisotopic (exact) mass is 301 g/mol. The van der Waals surface area contributed by atoms with Crippen LogP contribution in [0.3, 0.4) is 0 Å². The van der Waals surface area contributed by atoms with Crippen LogP contribution in [0.2, 0.25) is 0 Å². The number of ketones is 1. The average Bonchev–Trinajstić information content (AvgIpc) is 2.29. The summed E-state index contributed by atoms with van der Waals surface area (Å²) in [6.45, 7) is 5.34. The summed E-state index contributed by atoms with van der Waals surface area (Å²) < 4.78 is 14.2. The van der Waals surface area contributed by atoms with Crippen LogP contribution in [0, 0.1) is 11.7 Å². The minimum Gasteiger partial charge on any atom is -0.316 e. The second-order valence-corrected chi connectivity index (χ2v) is 5.00. The molecule has 2 nitrogen and oxygen atoms in total. The van der Waals surface area contributed by atoms with Crippen LogP contribution in [0.4, 0.5) is 4.39 Å². The van der Waals surface area contributed by atoms with Crippen LogP contribution in [-0.2, 0) is 11.2 Å². The highest BCUT2D eigenvalue weighted by Gasteiger charge is 2.15. The summed E-state index contributed by atoms with van der Waals surface area (Å²) in [5.74, 6) is -0.353. The highest BCUT2D eigenvalue weighted by molar-refractivity contribution is 9.10. The van der Waals surface area contributed by atoms with E-state index in [-0.39, 0.29) is 23.9 Å². The predicted molar refractivity (Wildman–Crippen MR) is 70.5 cm³/mol. The van der Waals surface area contributed by atoms with E-state index in [0.29, 0.717) is 16.6 Å². The van der Waals surface area contributed by atoms with E-state index in [9.17, 15) is 9.18 Å². The van der Waals surface area contributed by atoms with Gasteiger partial charge in [0.15, 0.2) is 0 Å². The first-order valence-corrected chi connectivity index (χ1v) is 6.51. The minimum atomic E-state index is -0.330. The number of hydrogen-bond acceptors (Lipinski definition) is 2. The van der Waals surface area contributed by atoms with Crippen LogP contribution < -0.4 is 5.32 Å². The lowest BCUT2D eigenvalue weighted by molar-refractivity contribution is -0.121. The molecule has 0 heterocycles. The van der Waals surface area contributed by atoms with Gasteiger partial charge in [0.2, 0.25) is 0 Å². The zero-order chi connectivity index (χ0) is 12.8. The third-order valence-electron chi connectivity index (χ3n) is 2.63. The molecule has 4 heteroatoms. The quantitative estimate of drug-likeness (QED) is 0.875. The Balaban J connectivity index is 2.61. The topological polar surface area (TPSA) is 29.1 Å². The van der Waals surface area contributed by atoms with Crippen molar-refractivity contribution in [2.24, 2.45) is 5.92 Å². The number of benzene rings is 1. The number of rotatable bonds is 6. The van der Waals surface area contributed by atoms with Crippen LogP contribution in [0.15, 0.2) is 22.7 Å². The summed E-state index contributed by atoms with van der Waals surface area (Å²) in [7, 11) is 0. The Kier molecular flexibility index (Phi) is 5.78. The molecule has 0 saturated carbocycles. The summed E-state index contributed by atoms with van der Waals surface area (Å²) in [6, 6.07) is 4.79. The van der Waals surface area contributed by atoms with E-state index in [1.165, 1.54) is 6.07 Å². The molecule has 1 aromatic rings. The molecule has 0 saturated heterocycles. The van der Waals surface area contributed by atoms with Gasteiger partial charge in [0.05, 0.1) is 0 Å². The molecular weight excluding hydrogens is 285 g/mol. The maximum absolute atomic E-state index is 13.5. The molecule has 0 aliphatic rings. The second kappa shape index (κ2) is 6.87. The molecule has 0 fully saturated rings. The average molecular weight is 302 g/mol. The Morgan fingerprint density at radius 2 is 2.24 bits per heavy atom. The number of halogens is 2. The third kappa shape index (κ3) is 4.56. The van der Waals surface area contributed by atoms with Gasteiger partial charge >= 0.3 is 0 Å². The maximum atomic E-state index is 13.5. The molecule has 0 aromatic heterocycles. The van der Waals surface area contributed by atoms with Crippen molar-refractivity contribution in [3.05, 3.63) is 34.1 Å². The third-order valence-corrected chi connectivity index (χ3v) is 3.12. The lowest BCUT2D eigenvalue weighted by Gasteiger charge is -2.11. The summed E-state index contributed by atoms with van der Waals surface area (Å²) in [6.07, 6.45) is 0.158. The van der Waals surface area contributed by atoms with Gasteiger partial charge in [-0.25, -0.2) is 4.39 Å². The Morgan fingerprint density at radius 3 is 2.82 bits per heavy atom. The van der Waals surface area contributed by atoms with Crippen molar-refractivity contribution < 1.29 is 9.18 Å². The van der Waals surface area contributed by atoms with Crippen LogP contribution in [0.5, 0.6) is 0 Å². The van der Waals surface area contributed by atoms with Crippen LogP contribution in [0.25, 0.3) is 0 Å². The number of hydrogen-bond donors (Lipinski definition) is 1. The Bertz CT molecular complexity index is 395. The molecule has 1 unspecified atom stereocenters. The molecule has 1 N–H and O–H groups in total. The molecule has 0 radical (unpaired) electrons. The predicted octanol–water partition coefficient (Wildman–Crippen LogP) is 2.95. The Morgan fingerprint density at radius 1 is 1.53 bits per heavy atom. The van der Waals surface area contributed by atoms with E-state index in [2.05, 4.69) is 21.2 Å². The molecule has 0 bridgehead atoms. The first-order valence-electron chi connectivity index (χ1n) is 5.72. The van der Waals surface area contributed by atoms with Gasteiger partial charge in [-0.1, -0.05) is 35.8 Å². The van der Waals surface area contributed by atoms with Crippen molar-refractivity contribution in [1.82, 2.24) is 5.32 Å². The normalized spacial score (nSPS) is 12.5. The molecular formula is C13H17BrFNO. The highest BCUT2D eigenvalue weighted by Crippen LogP contribution is 2.16. The van der Waals surface area contributed by atoms with Gasteiger partial charge in [-0.3, -0.25) is 4.79 Å². The van der Waals surface area contributed by atoms with E-state index in [1.807, 2.05) is 13.8 Å². The SMILES string of the molecule is CCNCC(C)C(=O)Cc1ccc(Br)cc1F. The van der Waals surface area contributed by atoms with E-state index >= 15 is 0 Å². The summed E-state index contributed by atoms with van der Waals surface area (Å²) in [5, 5.41) is 3.12. The van der Waals surface area contributed by atoms with E-state index in [1.54, 1.807) is 12.1 Å². The van der Waals surface area contributed by atoms with E-state index in [0.717, 1.165) is 6.54 Å². The minimum absolute atomic E-state index is 0.0622. The fourth-order valence-electron chi connectivity index (χ4n) is 1.50. The fraction of sp³-hybridized carbons (Fsp3) is 0.462. The zero-order valence-corrected chi connectivity index (χ0v) is 11.7. The summed E-state index contributed by atoms with van der Waals surface area (Å²) in [4.78, 5) is 11.8. The molecule has 0 spiro atoms. The fourth-order valence-corrected chi connectivity index (χ4v) is 1.83. The van der Waals surface area contributed by atoms with Crippen LogP contribution in [0.1, 0.15) is 19.4 Å². The number of carbonyl (C=O) groups excluding carboxylic acids is 1. The van der Waals surface area contributed by atoms with Gasteiger partial charge in [-0.05, 0) is 24.2 Å². The molecule has 1 rings (SSSR count). The van der Waals surface area contributed by atoms with Gasteiger partial charge in [0.1, 0.15) is 11.6 Å². The van der Waals surface area contributed by atoms with E-state index in [4.69, 9.17) is 0 Å². The van der Waals surface area contributed by atoms with Crippen molar-refractivity contribution in [3.8, 4) is 0 Å². The molecule has 0 aliphatic heterocycles. The summed E-state index contributed by atoms with van der Waals surface area (Å²) >= 11 is 3.19. The van der Waals surface area contributed by atoms with Crippen molar-refractivity contribution in [2.45, 2.75) is 20.3 Å². The van der Waals surface area contributed by atoms with Gasteiger partial charge < -0.3 is 5.32 Å². The molecule has 0 amide bonds. The van der Waals surface area contributed by atoms with E-state index < -0.39 is 0 Å². The maximum Gasteiger partial charge on any atom is 0.141 e. The molecule has 1 aromatic carbocycles. The van der Waals surface area contributed by atoms with Gasteiger partial charge in [-0.15, -0.1) is 0 Å². The largest absolute Gasteiger partial charge is 0.316 e. The second-order valence-electron chi connectivity index (χ2n) is 4.09. The standard InChI is InChI=1S/C13H17BrFNO/c1-3-16-8-9(2)13(17)6-10-4-5-11(14)7-12(10)15/h4-5,7,9,16H,3,6,8H2,1-2H3. The smallest absolute Gasteiger partial charge is 0.141 e. The van der Waals surface area contributed by atoms with Crippen molar-refractivity contribution in [2.75, 3.05) is 13.1 Å². The molecule has 17 heavy (non-hydrogen) atoms. The number of nitrogens with one attached hydrogen (secondary N) is 1. The van der Waals surface area contributed by atoms with Gasteiger partial charge in [0, 0.05) is 23.4 Å². The summed E-state index contributed by atoms with van der Waals surface area (Å²) in [5.41, 5.74) is 0.460. The lowest BCUT2D eigenvalue weighted by Crippen LogP contribution is -2.27.